The Balaban J connectivity index is 1.43. The molecule has 144 valence electrons. The number of sulfonamides is 1. The van der Waals surface area contributed by atoms with E-state index in [-0.39, 0.29) is 17.8 Å². The minimum absolute atomic E-state index is 0.0123. The molecule has 1 aromatic heterocycles. The molecule has 0 unspecified atom stereocenters. The number of benzene rings is 1. The van der Waals surface area contributed by atoms with Crippen LogP contribution in [0.4, 0.5) is 4.79 Å². The molecule has 3 rings (SSSR count). The zero-order valence-corrected chi connectivity index (χ0v) is 15.9. The van der Waals surface area contributed by atoms with Crippen LogP contribution < -0.4 is 10.6 Å². The number of nitrogens with zero attached hydrogens (tertiary/aromatic N) is 2. The first-order chi connectivity index (χ1) is 13.0. The second-order valence-electron chi connectivity index (χ2n) is 6.60. The number of piperidine rings is 1. The van der Waals surface area contributed by atoms with Crippen LogP contribution in [0.1, 0.15) is 24.0 Å². The maximum absolute atomic E-state index is 12.6. The molecule has 1 saturated heterocycles. The van der Waals surface area contributed by atoms with Gasteiger partial charge >= 0.3 is 6.03 Å². The number of rotatable bonds is 6. The van der Waals surface area contributed by atoms with Crippen LogP contribution in [0.15, 0.2) is 54.9 Å². The number of nitrogens with one attached hydrogen (secondary N) is 2. The van der Waals surface area contributed by atoms with Crippen molar-refractivity contribution in [2.75, 3.05) is 13.1 Å². The summed E-state index contributed by atoms with van der Waals surface area (Å²) in [5.41, 5.74) is 1.76. The zero-order chi connectivity index (χ0) is 19.1. The van der Waals surface area contributed by atoms with Crippen molar-refractivity contribution in [2.24, 2.45) is 0 Å². The van der Waals surface area contributed by atoms with Crippen molar-refractivity contribution < 1.29 is 13.2 Å². The first-order valence-corrected chi connectivity index (χ1v) is 10.6. The number of amides is 2. The average molecular weight is 388 g/mol. The summed E-state index contributed by atoms with van der Waals surface area (Å²) in [6, 6.07) is 12.6. The van der Waals surface area contributed by atoms with Crippen LogP contribution >= 0.6 is 0 Å². The minimum Gasteiger partial charge on any atom is -0.335 e. The molecule has 27 heavy (non-hydrogen) atoms. The van der Waals surface area contributed by atoms with Gasteiger partial charge in [-0.3, -0.25) is 4.98 Å². The molecule has 1 aliphatic rings. The van der Waals surface area contributed by atoms with Crippen molar-refractivity contribution in [3.63, 3.8) is 0 Å². The topological polar surface area (TPSA) is 91.4 Å². The van der Waals surface area contributed by atoms with E-state index in [4.69, 9.17) is 0 Å². The third-order valence-electron chi connectivity index (χ3n) is 4.58. The molecule has 0 radical (unpaired) electrons. The quantitative estimate of drug-likeness (QED) is 0.790. The summed E-state index contributed by atoms with van der Waals surface area (Å²) >= 11 is 0. The predicted octanol–water partition coefficient (Wildman–Crippen LogP) is 1.88. The van der Waals surface area contributed by atoms with Crippen LogP contribution in [0.5, 0.6) is 0 Å². The highest BCUT2D eigenvalue weighted by Crippen LogP contribution is 2.17. The van der Waals surface area contributed by atoms with Crippen LogP contribution in [0.2, 0.25) is 0 Å². The van der Waals surface area contributed by atoms with Crippen molar-refractivity contribution in [3.8, 4) is 0 Å². The average Bonchev–Trinajstić information content (AvgIpc) is 2.68. The van der Waals surface area contributed by atoms with Gasteiger partial charge in [0.15, 0.2) is 0 Å². The lowest BCUT2D eigenvalue weighted by molar-refractivity contribution is 0.227. The molecule has 0 bridgehead atoms. The Labute approximate surface area is 159 Å². The molecule has 0 spiro atoms. The largest absolute Gasteiger partial charge is 0.335 e. The van der Waals surface area contributed by atoms with E-state index < -0.39 is 10.0 Å². The highest BCUT2D eigenvalue weighted by atomic mass is 32.2. The molecule has 0 atom stereocenters. The molecule has 2 aromatic rings. The van der Waals surface area contributed by atoms with Gasteiger partial charge in [-0.15, -0.1) is 0 Å². The number of aromatic nitrogens is 1. The molecule has 2 N–H and O–H groups in total. The van der Waals surface area contributed by atoms with Crippen molar-refractivity contribution in [3.05, 3.63) is 66.0 Å². The number of hydrogen-bond acceptors (Lipinski definition) is 4. The van der Waals surface area contributed by atoms with Gasteiger partial charge in [0.25, 0.3) is 0 Å². The lowest BCUT2D eigenvalue weighted by atomic mass is 10.1. The van der Waals surface area contributed by atoms with Crippen LogP contribution in [0.3, 0.4) is 0 Å². The fourth-order valence-corrected chi connectivity index (χ4v) is 4.64. The SMILES string of the molecule is O=C(NCc1ccncc1)NC1CCN(S(=O)(=O)Cc2ccccc2)CC1. The smallest absolute Gasteiger partial charge is 0.315 e. The second-order valence-corrected chi connectivity index (χ2v) is 8.57. The van der Waals surface area contributed by atoms with Crippen molar-refractivity contribution in [2.45, 2.75) is 31.2 Å². The Morgan fingerprint density at radius 2 is 1.70 bits per heavy atom. The van der Waals surface area contributed by atoms with Gasteiger partial charge in [0.05, 0.1) is 5.75 Å². The molecule has 1 fully saturated rings. The molecular formula is C19H24N4O3S. The lowest BCUT2D eigenvalue weighted by Crippen LogP contribution is -2.49. The number of urea groups is 1. The van der Waals surface area contributed by atoms with Crippen LogP contribution in [-0.2, 0) is 22.3 Å². The Morgan fingerprint density at radius 1 is 1.04 bits per heavy atom. The fraction of sp³-hybridized carbons (Fsp3) is 0.368. The summed E-state index contributed by atoms with van der Waals surface area (Å²) < 4.78 is 26.6. The predicted molar refractivity (Wildman–Crippen MR) is 103 cm³/mol. The van der Waals surface area contributed by atoms with Gasteiger partial charge in [-0.25, -0.2) is 17.5 Å². The molecule has 7 nitrogen and oxygen atoms in total. The van der Waals surface area contributed by atoms with E-state index in [0.29, 0.717) is 32.5 Å². The third kappa shape index (κ3) is 5.77. The maximum atomic E-state index is 12.6. The fourth-order valence-electron chi connectivity index (χ4n) is 3.07. The van der Waals surface area contributed by atoms with Crippen LogP contribution in [0, 0.1) is 0 Å². The molecule has 1 aliphatic heterocycles. The van der Waals surface area contributed by atoms with Gasteiger partial charge in [0, 0.05) is 38.1 Å². The van der Waals surface area contributed by atoms with Gasteiger partial charge in [0.1, 0.15) is 0 Å². The molecule has 8 heteroatoms. The Bertz CT molecular complexity index is 836. The molecule has 2 heterocycles. The normalized spacial score (nSPS) is 16.0. The molecule has 1 aromatic carbocycles. The first-order valence-electron chi connectivity index (χ1n) is 8.98. The summed E-state index contributed by atoms with van der Waals surface area (Å²) in [6.07, 6.45) is 4.58. The highest BCUT2D eigenvalue weighted by molar-refractivity contribution is 7.88. The molecule has 0 saturated carbocycles. The van der Waals surface area contributed by atoms with Gasteiger partial charge in [-0.05, 0) is 36.1 Å². The third-order valence-corrected chi connectivity index (χ3v) is 6.43. The van der Waals surface area contributed by atoms with Crippen molar-refractivity contribution in [1.29, 1.82) is 0 Å². The standard InChI is InChI=1S/C19H24N4O3S/c24-19(21-14-16-6-10-20-11-7-16)22-18-8-12-23(13-9-18)27(25,26)15-17-4-2-1-3-5-17/h1-7,10-11,18H,8-9,12-15H2,(H2,21,22,24). The van der Waals surface area contributed by atoms with E-state index in [1.165, 1.54) is 4.31 Å². The van der Waals surface area contributed by atoms with Gasteiger partial charge in [-0.2, -0.15) is 0 Å². The summed E-state index contributed by atoms with van der Waals surface area (Å²) in [6.45, 7) is 1.27. The van der Waals surface area contributed by atoms with Crippen molar-refractivity contribution >= 4 is 16.1 Å². The van der Waals surface area contributed by atoms with Gasteiger partial charge < -0.3 is 10.6 Å². The van der Waals surface area contributed by atoms with Crippen molar-refractivity contribution in [1.82, 2.24) is 19.9 Å². The number of hydrogen-bond donors (Lipinski definition) is 2. The maximum Gasteiger partial charge on any atom is 0.315 e. The second kappa shape index (κ2) is 8.96. The first kappa shape index (κ1) is 19.3. The number of carbonyl (C=O) groups excluding carboxylic acids is 1. The van der Waals surface area contributed by atoms with E-state index in [2.05, 4.69) is 15.6 Å². The Kier molecular flexibility index (Phi) is 6.41. The van der Waals surface area contributed by atoms with Crippen LogP contribution in [-0.4, -0.2) is 42.9 Å². The summed E-state index contributed by atoms with van der Waals surface area (Å²) in [5, 5.41) is 5.73. The zero-order valence-electron chi connectivity index (χ0n) is 15.0. The highest BCUT2D eigenvalue weighted by Gasteiger charge is 2.28. The number of pyridine rings is 1. The van der Waals surface area contributed by atoms with E-state index >= 15 is 0 Å². The summed E-state index contributed by atoms with van der Waals surface area (Å²) in [4.78, 5) is 16.0. The Hall–Kier alpha value is -2.45. The monoisotopic (exact) mass is 388 g/mol. The summed E-state index contributed by atoms with van der Waals surface area (Å²) in [5.74, 6) is 0.0123. The van der Waals surface area contributed by atoms with E-state index in [9.17, 15) is 13.2 Å². The van der Waals surface area contributed by atoms with Crippen LogP contribution in [0.25, 0.3) is 0 Å². The summed E-state index contributed by atoms with van der Waals surface area (Å²) in [7, 11) is -3.34. The van der Waals surface area contributed by atoms with E-state index in [1.54, 1.807) is 12.4 Å². The minimum atomic E-state index is -3.34. The van der Waals surface area contributed by atoms with E-state index in [1.807, 2.05) is 42.5 Å². The van der Waals surface area contributed by atoms with E-state index in [0.717, 1.165) is 11.1 Å². The number of carbonyl (C=O) groups is 1. The van der Waals surface area contributed by atoms with Gasteiger partial charge in [-0.1, -0.05) is 30.3 Å². The molecule has 0 aliphatic carbocycles. The Morgan fingerprint density at radius 3 is 2.37 bits per heavy atom. The lowest BCUT2D eigenvalue weighted by Gasteiger charge is -2.31. The van der Waals surface area contributed by atoms with Gasteiger partial charge in [0.2, 0.25) is 10.0 Å². The molecular weight excluding hydrogens is 364 g/mol. The molecule has 2 amide bonds.